The van der Waals surface area contributed by atoms with E-state index in [-0.39, 0.29) is 11.6 Å². The van der Waals surface area contributed by atoms with E-state index >= 15 is 0 Å². The SMILES string of the molecule is COc1cc(Cl)cc(C2(N)CCCC2)c1OC1CCCC1. The second-order valence-electron chi connectivity index (χ2n) is 6.37. The van der Waals surface area contributed by atoms with Gasteiger partial charge >= 0.3 is 0 Å². The largest absolute Gasteiger partial charge is 0.493 e. The third kappa shape index (κ3) is 3.00. The average Bonchev–Trinajstić information content (AvgIpc) is 3.12. The summed E-state index contributed by atoms with van der Waals surface area (Å²) in [6.45, 7) is 0. The molecule has 2 aliphatic rings. The molecule has 0 radical (unpaired) electrons. The number of hydrogen-bond donors (Lipinski definition) is 1. The average molecular weight is 310 g/mol. The third-order valence-electron chi connectivity index (χ3n) is 4.86. The summed E-state index contributed by atoms with van der Waals surface area (Å²) in [5.41, 5.74) is 7.35. The molecule has 4 heteroatoms. The van der Waals surface area contributed by atoms with Crippen LogP contribution in [0.1, 0.15) is 56.9 Å². The minimum absolute atomic E-state index is 0.281. The summed E-state index contributed by atoms with van der Waals surface area (Å²) in [6.07, 6.45) is 9.28. The minimum Gasteiger partial charge on any atom is -0.493 e. The first kappa shape index (κ1) is 15.0. The summed E-state index contributed by atoms with van der Waals surface area (Å²) >= 11 is 6.27. The fourth-order valence-electron chi connectivity index (χ4n) is 3.66. The number of benzene rings is 1. The molecule has 2 aliphatic carbocycles. The van der Waals surface area contributed by atoms with Crippen LogP contribution in [-0.2, 0) is 5.54 Å². The van der Waals surface area contributed by atoms with E-state index in [1.54, 1.807) is 7.11 Å². The molecule has 3 rings (SSSR count). The molecule has 3 nitrogen and oxygen atoms in total. The van der Waals surface area contributed by atoms with Crippen molar-refractivity contribution in [2.45, 2.75) is 63.0 Å². The van der Waals surface area contributed by atoms with E-state index < -0.39 is 0 Å². The Kier molecular flexibility index (Phi) is 4.32. The summed E-state index contributed by atoms with van der Waals surface area (Å²) in [4.78, 5) is 0. The first-order valence-corrected chi connectivity index (χ1v) is 8.34. The summed E-state index contributed by atoms with van der Waals surface area (Å²) in [5.74, 6) is 1.53. The van der Waals surface area contributed by atoms with Crippen molar-refractivity contribution < 1.29 is 9.47 Å². The summed E-state index contributed by atoms with van der Waals surface area (Å²) in [6, 6.07) is 3.80. The Hall–Kier alpha value is -0.930. The van der Waals surface area contributed by atoms with Gasteiger partial charge in [0.25, 0.3) is 0 Å². The van der Waals surface area contributed by atoms with Gasteiger partial charge in [0.1, 0.15) is 0 Å². The molecule has 0 aliphatic heterocycles. The second-order valence-corrected chi connectivity index (χ2v) is 6.81. The van der Waals surface area contributed by atoms with Gasteiger partial charge in [-0.05, 0) is 44.6 Å². The highest BCUT2D eigenvalue weighted by Crippen LogP contribution is 2.46. The summed E-state index contributed by atoms with van der Waals surface area (Å²) in [7, 11) is 1.66. The normalized spacial score (nSPS) is 21.7. The molecule has 0 amide bonds. The van der Waals surface area contributed by atoms with Gasteiger partial charge in [0, 0.05) is 22.2 Å². The fourth-order valence-corrected chi connectivity index (χ4v) is 3.87. The van der Waals surface area contributed by atoms with E-state index in [9.17, 15) is 0 Å². The van der Waals surface area contributed by atoms with Crippen molar-refractivity contribution in [1.29, 1.82) is 0 Å². The summed E-state index contributed by atoms with van der Waals surface area (Å²) < 4.78 is 11.8. The molecule has 0 aromatic heterocycles. The van der Waals surface area contributed by atoms with E-state index in [2.05, 4.69) is 0 Å². The standard InChI is InChI=1S/C17H24ClNO2/c1-20-15-11-12(18)10-14(17(19)8-4-5-9-17)16(15)21-13-6-2-3-7-13/h10-11,13H,2-9,19H2,1H3. The number of rotatable bonds is 4. The Bertz CT molecular complexity index is 506. The van der Waals surface area contributed by atoms with Gasteiger partial charge in [-0.3, -0.25) is 0 Å². The van der Waals surface area contributed by atoms with E-state index in [1.807, 2.05) is 12.1 Å². The number of halogens is 1. The van der Waals surface area contributed by atoms with Gasteiger partial charge in [-0.2, -0.15) is 0 Å². The molecular weight excluding hydrogens is 286 g/mol. The summed E-state index contributed by atoms with van der Waals surface area (Å²) in [5, 5.41) is 0.664. The first-order valence-electron chi connectivity index (χ1n) is 7.96. The van der Waals surface area contributed by atoms with Crippen molar-refractivity contribution in [3.63, 3.8) is 0 Å². The van der Waals surface area contributed by atoms with Crippen LogP contribution < -0.4 is 15.2 Å². The van der Waals surface area contributed by atoms with Gasteiger partial charge in [0.2, 0.25) is 0 Å². The van der Waals surface area contributed by atoms with Crippen molar-refractivity contribution in [2.24, 2.45) is 5.73 Å². The molecule has 1 aromatic rings. The van der Waals surface area contributed by atoms with E-state index in [4.69, 9.17) is 26.8 Å². The highest BCUT2D eigenvalue weighted by molar-refractivity contribution is 6.30. The number of hydrogen-bond acceptors (Lipinski definition) is 3. The minimum atomic E-state index is -0.327. The van der Waals surface area contributed by atoms with Crippen LogP contribution in [0.25, 0.3) is 0 Å². The zero-order valence-electron chi connectivity index (χ0n) is 12.7. The van der Waals surface area contributed by atoms with Crippen LogP contribution in [0.2, 0.25) is 5.02 Å². The molecule has 0 spiro atoms. The van der Waals surface area contributed by atoms with Gasteiger partial charge in [-0.1, -0.05) is 24.4 Å². The van der Waals surface area contributed by atoms with Crippen LogP contribution in [0.15, 0.2) is 12.1 Å². The van der Waals surface area contributed by atoms with Crippen LogP contribution in [-0.4, -0.2) is 13.2 Å². The molecular formula is C17H24ClNO2. The van der Waals surface area contributed by atoms with Crippen LogP contribution in [0.4, 0.5) is 0 Å². The fraction of sp³-hybridized carbons (Fsp3) is 0.647. The number of ether oxygens (including phenoxy) is 2. The van der Waals surface area contributed by atoms with Crippen LogP contribution >= 0.6 is 11.6 Å². The van der Waals surface area contributed by atoms with Crippen LogP contribution in [0.5, 0.6) is 11.5 Å². The highest BCUT2D eigenvalue weighted by atomic mass is 35.5. The first-order chi connectivity index (χ1) is 10.1. The molecule has 0 unspecified atom stereocenters. The topological polar surface area (TPSA) is 44.5 Å². The molecule has 116 valence electrons. The Labute approximate surface area is 131 Å². The van der Waals surface area contributed by atoms with Crippen molar-refractivity contribution in [3.05, 3.63) is 22.7 Å². The maximum atomic E-state index is 6.65. The molecule has 2 N–H and O–H groups in total. The molecule has 0 atom stereocenters. The Balaban J connectivity index is 2.01. The predicted molar refractivity (Wildman–Crippen MR) is 85.2 cm³/mol. The van der Waals surface area contributed by atoms with Crippen molar-refractivity contribution in [1.82, 2.24) is 0 Å². The van der Waals surface area contributed by atoms with Gasteiger partial charge < -0.3 is 15.2 Å². The van der Waals surface area contributed by atoms with Gasteiger partial charge in [0.15, 0.2) is 11.5 Å². The third-order valence-corrected chi connectivity index (χ3v) is 5.08. The van der Waals surface area contributed by atoms with Crippen molar-refractivity contribution in [3.8, 4) is 11.5 Å². The zero-order chi connectivity index (χ0) is 14.9. The van der Waals surface area contributed by atoms with E-state index in [0.29, 0.717) is 10.8 Å². The molecule has 0 bridgehead atoms. The number of nitrogens with two attached hydrogens (primary N) is 1. The van der Waals surface area contributed by atoms with Gasteiger partial charge in [-0.15, -0.1) is 0 Å². The van der Waals surface area contributed by atoms with Crippen LogP contribution in [0.3, 0.4) is 0 Å². The molecule has 2 saturated carbocycles. The lowest BCUT2D eigenvalue weighted by Crippen LogP contribution is -2.34. The molecule has 0 heterocycles. The lowest BCUT2D eigenvalue weighted by molar-refractivity contribution is 0.194. The van der Waals surface area contributed by atoms with E-state index in [1.165, 1.54) is 12.8 Å². The lowest BCUT2D eigenvalue weighted by atomic mass is 9.88. The number of methoxy groups -OCH3 is 1. The van der Waals surface area contributed by atoms with Gasteiger partial charge in [-0.25, -0.2) is 0 Å². The Morgan fingerprint density at radius 2 is 1.81 bits per heavy atom. The maximum Gasteiger partial charge on any atom is 0.166 e. The quantitative estimate of drug-likeness (QED) is 0.896. The smallest absolute Gasteiger partial charge is 0.166 e. The Morgan fingerprint density at radius 1 is 1.14 bits per heavy atom. The van der Waals surface area contributed by atoms with Gasteiger partial charge in [0.05, 0.1) is 13.2 Å². The molecule has 1 aromatic carbocycles. The van der Waals surface area contributed by atoms with Crippen molar-refractivity contribution in [2.75, 3.05) is 7.11 Å². The Morgan fingerprint density at radius 3 is 2.43 bits per heavy atom. The van der Waals surface area contributed by atoms with E-state index in [0.717, 1.165) is 49.8 Å². The molecule has 0 saturated heterocycles. The molecule has 21 heavy (non-hydrogen) atoms. The molecule has 2 fully saturated rings. The maximum absolute atomic E-state index is 6.65. The van der Waals surface area contributed by atoms with Crippen molar-refractivity contribution >= 4 is 11.6 Å². The van der Waals surface area contributed by atoms with Crippen LogP contribution in [0, 0.1) is 0 Å². The second kappa shape index (κ2) is 6.05. The monoisotopic (exact) mass is 309 g/mol. The highest BCUT2D eigenvalue weighted by Gasteiger charge is 2.36. The predicted octanol–water partition coefficient (Wildman–Crippen LogP) is 4.40. The zero-order valence-corrected chi connectivity index (χ0v) is 13.4. The lowest BCUT2D eigenvalue weighted by Gasteiger charge is -2.29.